The van der Waals surface area contributed by atoms with E-state index in [1.807, 2.05) is 30.3 Å². The number of rotatable bonds is 6. The van der Waals surface area contributed by atoms with Gasteiger partial charge in [0.15, 0.2) is 11.5 Å². The van der Waals surface area contributed by atoms with Crippen molar-refractivity contribution in [1.29, 1.82) is 0 Å². The van der Waals surface area contributed by atoms with Crippen LogP contribution in [0.4, 0.5) is 4.39 Å². The second kappa shape index (κ2) is 8.59. The average molecular weight is 407 g/mol. The molecule has 2 heterocycles. The Labute approximate surface area is 173 Å². The number of ketones is 1. The predicted octanol–water partition coefficient (Wildman–Crippen LogP) is 2.92. The zero-order chi connectivity index (χ0) is 21.1. The molecule has 0 radical (unpaired) electrons. The Morgan fingerprint density at radius 1 is 1.03 bits per heavy atom. The van der Waals surface area contributed by atoms with E-state index in [2.05, 4.69) is 9.88 Å². The Kier molecular flexibility index (Phi) is 5.72. The maximum absolute atomic E-state index is 13.0. The number of aryl methyl sites for hydroxylation is 1. The van der Waals surface area contributed by atoms with Crippen molar-refractivity contribution in [2.75, 3.05) is 6.54 Å². The number of aromatic hydroxyl groups is 1. The van der Waals surface area contributed by atoms with Crippen LogP contribution in [0.25, 0.3) is 0 Å². The lowest BCUT2D eigenvalue weighted by Gasteiger charge is -2.29. The first kappa shape index (κ1) is 20.0. The predicted molar refractivity (Wildman–Crippen MR) is 110 cm³/mol. The van der Waals surface area contributed by atoms with Gasteiger partial charge in [-0.2, -0.15) is 0 Å². The molecule has 1 aliphatic rings. The Morgan fingerprint density at radius 2 is 1.77 bits per heavy atom. The average Bonchev–Trinajstić information content (AvgIpc) is 2.76. The largest absolute Gasteiger partial charge is 0.501 e. The third-order valence-corrected chi connectivity index (χ3v) is 5.30. The molecule has 1 aliphatic heterocycles. The highest BCUT2D eigenvalue weighted by Crippen LogP contribution is 2.18. The van der Waals surface area contributed by atoms with Crippen molar-refractivity contribution in [2.45, 2.75) is 32.5 Å². The minimum absolute atomic E-state index is 0.0722. The second-order valence-electron chi connectivity index (χ2n) is 7.43. The highest BCUT2D eigenvalue weighted by Gasteiger charge is 2.25. The van der Waals surface area contributed by atoms with E-state index >= 15 is 0 Å². The molecule has 3 aromatic rings. The molecule has 0 spiro atoms. The van der Waals surface area contributed by atoms with Gasteiger partial charge in [0.05, 0.1) is 6.54 Å². The van der Waals surface area contributed by atoms with Crippen molar-refractivity contribution in [3.63, 3.8) is 0 Å². The van der Waals surface area contributed by atoms with Crippen LogP contribution in [-0.4, -0.2) is 31.9 Å². The summed E-state index contributed by atoms with van der Waals surface area (Å²) in [5.41, 5.74) is 1.19. The molecule has 1 N–H and O–H groups in total. The molecule has 0 saturated heterocycles. The number of nitrogens with zero attached hydrogens (tertiary/aromatic N) is 3. The van der Waals surface area contributed by atoms with Gasteiger partial charge in [0.25, 0.3) is 5.56 Å². The molecule has 7 heteroatoms. The zero-order valence-electron chi connectivity index (χ0n) is 16.4. The number of fused-ring (bicyclic) bond motifs is 1. The number of halogens is 1. The van der Waals surface area contributed by atoms with Gasteiger partial charge in [-0.25, -0.2) is 9.37 Å². The third-order valence-electron chi connectivity index (χ3n) is 5.30. The van der Waals surface area contributed by atoms with Crippen molar-refractivity contribution < 1.29 is 14.3 Å². The number of aromatic nitrogens is 2. The van der Waals surface area contributed by atoms with Crippen LogP contribution < -0.4 is 5.56 Å². The smallest absolute Gasteiger partial charge is 0.296 e. The molecule has 1 aromatic heterocycles. The van der Waals surface area contributed by atoms with E-state index in [0.717, 1.165) is 11.1 Å². The first-order chi connectivity index (χ1) is 14.5. The molecular weight excluding hydrogens is 385 g/mol. The first-order valence-corrected chi connectivity index (χ1v) is 9.88. The van der Waals surface area contributed by atoms with E-state index in [4.69, 9.17) is 0 Å². The number of carbonyl (C=O) groups is 1. The summed E-state index contributed by atoms with van der Waals surface area (Å²) in [5.74, 6) is -0.867. The molecule has 30 heavy (non-hydrogen) atoms. The summed E-state index contributed by atoms with van der Waals surface area (Å²) in [5, 5.41) is 10.3. The van der Waals surface area contributed by atoms with Gasteiger partial charge < -0.3 is 5.11 Å². The van der Waals surface area contributed by atoms with Gasteiger partial charge in [-0.1, -0.05) is 42.5 Å². The summed E-state index contributed by atoms with van der Waals surface area (Å²) >= 11 is 0. The van der Waals surface area contributed by atoms with E-state index in [1.165, 1.54) is 16.7 Å². The van der Waals surface area contributed by atoms with Crippen molar-refractivity contribution in [2.24, 2.45) is 0 Å². The fraction of sp³-hybridized carbons (Fsp3) is 0.261. The van der Waals surface area contributed by atoms with Gasteiger partial charge in [0, 0.05) is 26.1 Å². The van der Waals surface area contributed by atoms with Gasteiger partial charge >= 0.3 is 0 Å². The van der Waals surface area contributed by atoms with Crippen LogP contribution in [0.2, 0.25) is 0 Å². The number of benzene rings is 2. The van der Waals surface area contributed by atoms with Crippen LogP contribution in [-0.2, 0) is 26.1 Å². The van der Waals surface area contributed by atoms with E-state index in [0.29, 0.717) is 38.4 Å². The van der Waals surface area contributed by atoms with Crippen molar-refractivity contribution in [1.82, 2.24) is 14.5 Å². The van der Waals surface area contributed by atoms with Crippen LogP contribution >= 0.6 is 0 Å². The van der Waals surface area contributed by atoms with Gasteiger partial charge in [-0.05, 0) is 29.7 Å². The lowest BCUT2D eigenvalue weighted by atomic mass is 10.1. The first-order valence-electron chi connectivity index (χ1n) is 9.88. The van der Waals surface area contributed by atoms with E-state index < -0.39 is 17.1 Å². The van der Waals surface area contributed by atoms with Crippen molar-refractivity contribution >= 4 is 5.78 Å². The van der Waals surface area contributed by atoms with Crippen LogP contribution in [0.5, 0.6) is 5.75 Å². The molecule has 2 aromatic carbocycles. The summed E-state index contributed by atoms with van der Waals surface area (Å²) in [6, 6.07) is 15.9. The van der Waals surface area contributed by atoms with Gasteiger partial charge in [0.1, 0.15) is 11.6 Å². The zero-order valence-corrected chi connectivity index (χ0v) is 16.4. The topological polar surface area (TPSA) is 75.4 Å². The monoisotopic (exact) mass is 407 g/mol. The molecule has 6 nitrogen and oxygen atoms in total. The molecule has 0 saturated carbocycles. The molecule has 0 unspecified atom stereocenters. The lowest BCUT2D eigenvalue weighted by Crippen LogP contribution is -2.40. The molecule has 0 atom stereocenters. The third kappa shape index (κ3) is 4.31. The molecular formula is C23H22FN3O3. The summed E-state index contributed by atoms with van der Waals surface area (Å²) in [7, 11) is 0. The highest BCUT2D eigenvalue weighted by atomic mass is 19.1. The minimum atomic E-state index is -0.598. The van der Waals surface area contributed by atoms with E-state index in [9.17, 15) is 19.1 Å². The summed E-state index contributed by atoms with van der Waals surface area (Å²) in [6.07, 6.45) is 0.446. The summed E-state index contributed by atoms with van der Waals surface area (Å²) in [4.78, 5) is 31.7. The maximum Gasteiger partial charge on any atom is 0.296 e. The molecule has 154 valence electrons. The molecule has 0 bridgehead atoms. The number of hydrogen-bond acceptors (Lipinski definition) is 5. The quantitative estimate of drug-likeness (QED) is 0.636. The fourth-order valence-corrected chi connectivity index (χ4v) is 3.66. The molecule has 0 aliphatic carbocycles. The maximum atomic E-state index is 13.0. The SMILES string of the molecule is O=C(CCc1ccc(F)cc1)c1nc2n(c(=O)c1O)CCN(Cc1ccccc1)C2. The normalized spacial score (nSPS) is 13.8. The Hall–Kier alpha value is -3.32. The molecule has 0 fully saturated rings. The number of hydrogen-bond donors (Lipinski definition) is 1. The van der Waals surface area contributed by atoms with Crippen molar-refractivity contribution in [3.8, 4) is 5.75 Å². The fourth-order valence-electron chi connectivity index (χ4n) is 3.66. The van der Waals surface area contributed by atoms with Crippen LogP contribution in [0.3, 0.4) is 0 Å². The van der Waals surface area contributed by atoms with Crippen LogP contribution in [0.1, 0.15) is 33.9 Å². The minimum Gasteiger partial charge on any atom is -0.501 e. The van der Waals surface area contributed by atoms with E-state index in [-0.39, 0.29) is 17.9 Å². The summed E-state index contributed by atoms with van der Waals surface area (Å²) in [6.45, 7) is 2.19. The standard InChI is InChI=1S/C23H22FN3O3/c24-18-9-6-16(7-10-18)8-11-19(28)21-22(29)23(30)27-13-12-26(15-20(27)25-21)14-17-4-2-1-3-5-17/h1-7,9-10,29H,8,11-15H2. The van der Waals surface area contributed by atoms with Crippen LogP contribution in [0.15, 0.2) is 59.4 Å². The highest BCUT2D eigenvalue weighted by molar-refractivity contribution is 5.96. The number of Topliss-reactive ketones (excluding diaryl/α,β-unsaturated/α-hetero) is 1. The van der Waals surface area contributed by atoms with Gasteiger partial charge in [-0.3, -0.25) is 19.1 Å². The van der Waals surface area contributed by atoms with Crippen molar-refractivity contribution in [3.05, 3.63) is 93.4 Å². The van der Waals surface area contributed by atoms with Gasteiger partial charge in [-0.15, -0.1) is 0 Å². The molecule has 4 rings (SSSR count). The van der Waals surface area contributed by atoms with Gasteiger partial charge in [0.2, 0.25) is 5.75 Å². The van der Waals surface area contributed by atoms with Crippen LogP contribution in [0, 0.1) is 5.82 Å². The number of carbonyl (C=O) groups excluding carboxylic acids is 1. The Bertz CT molecular complexity index is 1110. The second-order valence-corrected chi connectivity index (χ2v) is 7.43. The Balaban J connectivity index is 1.51. The summed E-state index contributed by atoms with van der Waals surface area (Å²) < 4.78 is 14.5. The molecule has 0 amide bonds. The lowest BCUT2D eigenvalue weighted by molar-refractivity contribution is 0.0972. The Morgan fingerprint density at radius 3 is 2.50 bits per heavy atom. The van der Waals surface area contributed by atoms with E-state index in [1.54, 1.807) is 12.1 Å².